The average molecular weight is 251 g/mol. The second kappa shape index (κ2) is 4.14. The highest BCUT2D eigenvalue weighted by Crippen LogP contribution is 2.36. The van der Waals surface area contributed by atoms with E-state index in [4.69, 9.17) is 9.31 Å². The lowest BCUT2D eigenvalue weighted by atomic mass is 9.80. The van der Waals surface area contributed by atoms with E-state index in [1.165, 1.54) is 12.1 Å². The van der Waals surface area contributed by atoms with Crippen LogP contribution in [0.1, 0.15) is 38.2 Å². The molecule has 2 heterocycles. The first kappa shape index (κ1) is 13.2. The van der Waals surface area contributed by atoms with E-state index in [0.717, 1.165) is 0 Å². The van der Waals surface area contributed by atoms with Crippen LogP contribution in [0, 0.1) is 5.95 Å². The highest BCUT2D eigenvalue weighted by atomic mass is 19.1. The largest absolute Gasteiger partial charge is 0.499 e. The van der Waals surface area contributed by atoms with Crippen LogP contribution < -0.4 is 5.46 Å². The fourth-order valence-electron chi connectivity index (χ4n) is 1.67. The van der Waals surface area contributed by atoms with Crippen LogP contribution in [0.15, 0.2) is 12.1 Å². The Kier molecular flexibility index (Phi) is 3.03. The van der Waals surface area contributed by atoms with Gasteiger partial charge in [-0.3, -0.25) is 4.79 Å². The van der Waals surface area contributed by atoms with Gasteiger partial charge in [-0.05, 0) is 33.8 Å². The molecule has 1 aromatic heterocycles. The van der Waals surface area contributed by atoms with E-state index in [1.807, 2.05) is 27.7 Å². The van der Waals surface area contributed by atoms with Crippen molar-refractivity contribution >= 4 is 18.9 Å². The Bertz CT molecular complexity index is 474. The van der Waals surface area contributed by atoms with Crippen LogP contribution in [0.25, 0.3) is 0 Å². The molecular formula is C12H15BFNO3. The third-order valence-electron chi connectivity index (χ3n) is 3.53. The lowest BCUT2D eigenvalue weighted by molar-refractivity contribution is 0.00578. The smallest absolute Gasteiger partial charge is 0.399 e. The molecule has 4 nitrogen and oxygen atoms in total. The zero-order valence-electron chi connectivity index (χ0n) is 10.9. The van der Waals surface area contributed by atoms with E-state index < -0.39 is 24.3 Å². The summed E-state index contributed by atoms with van der Waals surface area (Å²) in [4.78, 5) is 14.0. The standard InChI is InChI=1S/C12H15BFNO3/c1-11(2)12(3,4)18-13(17-11)9-6-5-8(7-16)15-10(9)14/h5-7H,1-4H3. The van der Waals surface area contributed by atoms with E-state index >= 15 is 0 Å². The van der Waals surface area contributed by atoms with E-state index in [2.05, 4.69) is 4.98 Å². The van der Waals surface area contributed by atoms with Crippen LogP contribution in [0.2, 0.25) is 0 Å². The average Bonchev–Trinajstić information content (AvgIpc) is 2.47. The van der Waals surface area contributed by atoms with E-state index in [0.29, 0.717) is 6.29 Å². The summed E-state index contributed by atoms with van der Waals surface area (Å²) in [6, 6.07) is 2.91. The fraction of sp³-hybridized carbons (Fsp3) is 0.500. The van der Waals surface area contributed by atoms with Gasteiger partial charge in [0.25, 0.3) is 0 Å². The van der Waals surface area contributed by atoms with Crippen molar-refractivity contribution in [1.29, 1.82) is 0 Å². The number of hydrogen-bond acceptors (Lipinski definition) is 4. The van der Waals surface area contributed by atoms with Crippen molar-refractivity contribution in [2.75, 3.05) is 0 Å². The lowest BCUT2D eigenvalue weighted by Gasteiger charge is -2.32. The molecule has 1 aliphatic rings. The molecule has 0 spiro atoms. The summed E-state index contributed by atoms with van der Waals surface area (Å²) >= 11 is 0. The number of rotatable bonds is 2. The maximum absolute atomic E-state index is 13.8. The van der Waals surface area contributed by atoms with E-state index in [1.54, 1.807) is 0 Å². The van der Waals surface area contributed by atoms with Crippen LogP contribution in [-0.2, 0) is 9.31 Å². The third-order valence-corrected chi connectivity index (χ3v) is 3.53. The van der Waals surface area contributed by atoms with Crippen molar-refractivity contribution < 1.29 is 18.5 Å². The molecule has 1 aromatic rings. The van der Waals surface area contributed by atoms with Crippen LogP contribution in [0.4, 0.5) is 4.39 Å². The predicted octanol–water partition coefficient (Wildman–Crippen LogP) is 1.33. The minimum Gasteiger partial charge on any atom is -0.399 e. The number of carbonyl (C=O) groups is 1. The van der Waals surface area contributed by atoms with Crippen LogP contribution >= 0.6 is 0 Å². The SMILES string of the molecule is CC1(C)OB(c2ccc(C=O)nc2F)OC1(C)C. The van der Waals surface area contributed by atoms with Crippen molar-refractivity contribution in [3.63, 3.8) is 0 Å². The second-order valence-electron chi connectivity index (χ2n) is 5.32. The van der Waals surface area contributed by atoms with Gasteiger partial charge in [0.15, 0.2) is 6.29 Å². The normalized spacial score (nSPS) is 21.1. The topological polar surface area (TPSA) is 48.4 Å². The zero-order chi connectivity index (χ0) is 13.6. The first-order chi connectivity index (χ1) is 8.27. The molecule has 6 heteroatoms. The Morgan fingerprint density at radius 2 is 1.78 bits per heavy atom. The number of carbonyl (C=O) groups excluding carboxylic acids is 1. The molecule has 0 aliphatic carbocycles. The maximum Gasteiger partial charge on any atom is 0.499 e. The molecule has 0 radical (unpaired) electrons. The quantitative estimate of drug-likeness (QED) is 0.452. The molecule has 2 rings (SSSR count). The van der Waals surface area contributed by atoms with Crippen LogP contribution in [0.3, 0.4) is 0 Å². The molecule has 0 saturated carbocycles. The summed E-state index contributed by atoms with van der Waals surface area (Å²) in [5, 5.41) is 0. The number of aldehydes is 1. The summed E-state index contributed by atoms with van der Waals surface area (Å²) in [6.45, 7) is 7.55. The molecule has 0 atom stereocenters. The fourth-order valence-corrected chi connectivity index (χ4v) is 1.67. The minimum absolute atomic E-state index is 0.0489. The van der Waals surface area contributed by atoms with Crippen molar-refractivity contribution in [2.24, 2.45) is 0 Å². The Labute approximate surface area is 106 Å². The molecule has 0 N–H and O–H groups in total. The van der Waals surface area contributed by atoms with Crippen molar-refractivity contribution in [2.45, 2.75) is 38.9 Å². The Morgan fingerprint density at radius 3 is 2.22 bits per heavy atom. The lowest BCUT2D eigenvalue weighted by Crippen LogP contribution is -2.41. The van der Waals surface area contributed by atoms with Gasteiger partial charge in [0, 0.05) is 5.46 Å². The third kappa shape index (κ3) is 2.06. The van der Waals surface area contributed by atoms with Gasteiger partial charge in [-0.1, -0.05) is 6.07 Å². The summed E-state index contributed by atoms with van der Waals surface area (Å²) in [5.74, 6) is -0.738. The van der Waals surface area contributed by atoms with Gasteiger partial charge in [-0.2, -0.15) is 4.39 Å². The zero-order valence-corrected chi connectivity index (χ0v) is 10.9. The highest BCUT2D eigenvalue weighted by Gasteiger charge is 2.52. The summed E-state index contributed by atoms with van der Waals surface area (Å²) in [7, 11) is -0.803. The Balaban J connectivity index is 2.32. The number of pyridine rings is 1. The summed E-state index contributed by atoms with van der Waals surface area (Å²) < 4.78 is 25.2. The molecule has 0 amide bonds. The molecule has 0 bridgehead atoms. The van der Waals surface area contributed by atoms with Gasteiger partial charge in [0.1, 0.15) is 5.69 Å². The van der Waals surface area contributed by atoms with Crippen molar-refractivity contribution in [3.05, 3.63) is 23.8 Å². The first-order valence-electron chi connectivity index (χ1n) is 5.74. The van der Waals surface area contributed by atoms with Crippen molar-refractivity contribution in [1.82, 2.24) is 4.98 Å². The monoisotopic (exact) mass is 251 g/mol. The minimum atomic E-state index is -0.803. The second-order valence-corrected chi connectivity index (χ2v) is 5.32. The van der Waals surface area contributed by atoms with E-state index in [-0.39, 0.29) is 11.2 Å². The van der Waals surface area contributed by atoms with E-state index in [9.17, 15) is 9.18 Å². The highest BCUT2D eigenvalue weighted by molar-refractivity contribution is 6.62. The Morgan fingerprint density at radius 1 is 1.22 bits per heavy atom. The molecule has 0 aromatic carbocycles. The number of aromatic nitrogens is 1. The van der Waals surface area contributed by atoms with Gasteiger partial charge < -0.3 is 9.31 Å². The molecule has 18 heavy (non-hydrogen) atoms. The number of nitrogens with zero attached hydrogens (tertiary/aromatic N) is 1. The molecule has 0 unspecified atom stereocenters. The molecule has 1 fully saturated rings. The molecule has 1 saturated heterocycles. The number of halogens is 1. The van der Waals surface area contributed by atoms with Gasteiger partial charge in [-0.25, -0.2) is 4.98 Å². The predicted molar refractivity (Wildman–Crippen MR) is 65.3 cm³/mol. The van der Waals surface area contributed by atoms with Gasteiger partial charge >= 0.3 is 7.12 Å². The molecule has 96 valence electrons. The summed E-state index contributed by atoms with van der Waals surface area (Å²) in [6.07, 6.45) is 0.497. The molecule has 1 aliphatic heterocycles. The van der Waals surface area contributed by atoms with Gasteiger partial charge in [0.2, 0.25) is 5.95 Å². The maximum atomic E-state index is 13.8. The summed E-state index contributed by atoms with van der Waals surface area (Å²) in [5.41, 5.74) is -0.812. The van der Waals surface area contributed by atoms with Crippen molar-refractivity contribution in [3.8, 4) is 0 Å². The van der Waals surface area contributed by atoms with Gasteiger partial charge in [-0.15, -0.1) is 0 Å². The Hall–Kier alpha value is -1.27. The molecular weight excluding hydrogens is 236 g/mol. The van der Waals surface area contributed by atoms with Crippen LogP contribution in [-0.4, -0.2) is 29.6 Å². The number of hydrogen-bond donors (Lipinski definition) is 0. The van der Waals surface area contributed by atoms with Gasteiger partial charge in [0.05, 0.1) is 11.2 Å². The first-order valence-corrected chi connectivity index (χ1v) is 5.74. The van der Waals surface area contributed by atoms with Crippen LogP contribution in [0.5, 0.6) is 0 Å².